The van der Waals surface area contributed by atoms with E-state index in [4.69, 9.17) is 39.1 Å². The highest BCUT2D eigenvalue weighted by atomic mass is 16.5. The first kappa shape index (κ1) is 45.9. The van der Waals surface area contributed by atoms with E-state index in [1.54, 1.807) is 24.3 Å². The van der Waals surface area contributed by atoms with E-state index >= 15 is 0 Å². The minimum absolute atomic E-state index is 0.259. The normalized spacial score (nSPS) is 10.3. The molecule has 2 heterocycles. The first-order valence-corrected chi connectivity index (χ1v) is 19.9. The Bertz CT molecular complexity index is 2910. The van der Waals surface area contributed by atoms with E-state index in [0.29, 0.717) is 67.9 Å². The lowest BCUT2D eigenvalue weighted by atomic mass is 10.0. The number of nitrogens with two attached hydrogens (primary N) is 1. The highest BCUT2D eigenvalue weighted by Gasteiger charge is 2.19. The van der Waals surface area contributed by atoms with Gasteiger partial charge in [-0.05, 0) is 36.4 Å². The van der Waals surface area contributed by atoms with Gasteiger partial charge in [0.25, 0.3) is 5.91 Å². The van der Waals surface area contributed by atoms with Crippen molar-refractivity contribution in [3.05, 3.63) is 162 Å². The summed E-state index contributed by atoms with van der Waals surface area (Å²) in [7, 11) is 9.04. The maximum Gasteiger partial charge on any atom is 0.336 e. The number of nitrogens with one attached hydrogen (secondary N) is 1. The lowest BCUT2D eigenvalue weighted by Gasteiger charge is -2.15. The second-order valence-electron chi connectivity index (χ2n) is 13.8. The van der Waals surface area contributed by atoms with Crippen molar-refractivity contribution in [1.82, 2.24) is 9.97 Å². The molecule has 0 aliphatic rings. The Kier molecular flexibility index (Phi) is 15.1. The van der Waals surface area contributed by atoms with Crippen molar-refractivity contribution in [2.75, 3.05) is 48.0 Å². The summed E-state index contributed by atoms with van der Waals surface area (Å²) in [5, 5.41) is 13.7. The number of nitrogens with zero attached hydrogens (tertiary/aromatic N) is 2. The van der Waals surface area contributed by atoms with Crippen molar-refractivity contribution in [1.29, 1.82) is 0 Å². The van der Waals surface area contributed by atoms with Gasteiger partial charge in [-0.15, -0.1) is 0 Å². The molecule has 8 aromatic rings. The van der Waals surface area contributed by atoms with Gasteiger partial charge in [0.1, 0.15) is 0 Å². The highest BCUT2D eigenvalue weighted by Crippen LogP contribution is 2.41. The molecule has 0 unspecified atom stereocenters. The molecule has 0 saturated carbocycles. The van der Waals surface area contributed by atoms with Crippen molar-refractivity contribution in [2.45, 2.75) is 0 Å². The minimum atomic E-state index is -0.934. The van der Waals surface area contributed by atoms with Gasteiger partial charge in [-0.3, -0.25) is 9.59 Å². The van der Waals surface area contributed by atoms with Gasteiger partial charge < -0.3 is 44.6 Å². The number of pyridine rings is 2. The molecule has 14 nitrogen and oxygen atoms in total. The number of fused-ring (bicyclic) bond motifs is 2. The van der Waals surface area contributed by atoms with Crippen LogP contribution in [0.2, 0.25) is 0 Å². The zero-order valence-electron chi connectivity index (χ0n) is 36.4. The molecule has 6 aromatic carbocycles. The molecule has 2 aromatic heterocycles. The Balaban J connectivity index is 0.000000176. The van der Waals surface area contributed by atoms with E-state index in [9.17, 15) is 19.5 Å². The number of rotatable bonds is 12. The predicted octanol–water partition coefficient (Wildman–Crippen LogP) is 9.59. The van der Waals surface area contributed by atoms with Gasteiger partial charge in [0, 0.05) is 45.3 Å². The Morgan fingerprint density at radius 1 is 0.492 bits per heavy atom. The summed E-state index contributed by atoms with van der Waals surface area (Å²) in [6.45, 7) is 0. The summed E-state index contributed by atoms with van der Waals surface area (Å²) in [5.74, 6) is 0.892. The molecule has 0 radical (unpaired) electrons. The molecule has 4 N–H and O–H groups in total. The topological polar surface area (TPSA) is 191 Å². The van der Waals surface area contributed by atoms with Crippen LogP contribution in [0, 0.1) is 0 Å². The zero-order valence-corrected chi connectivity index (χ0v) is 36.4. The Morgan fingerprint density at radius 2 is 0.877 bits per heavy atom. The average molecular weight is 875 g/mol. The number of carbonyl (C=O) groups excluding carboxylic acids is 2. The Labute approximate surface area is 375 Å². The number of carbonyl (C=O) groups is 3. The lowest BCUT2D eigenvalue weighted by molar-refractivity contribution is 0.0698. The van der Waals surface area contributed by atoms with Crippen LogP contribution in [-0.2, 0) is 0 Å². The Hall–Kier alpha value is -8.65. The third kappa shape index (κ3) is 10.7. The monoisotopic (exact) mass is 874 g/mol. The van der Waals surface area contributed by atoms with E-state index in [1.807, 2.05) is 109 Å². The van der Waals surface area contributed by atoms with E-state index in [0.717, 1.165) is 27.7 Å². The number of benzene rings is 6. The second kappa shape index (κ2) is 21.4. The fourth-order valence-corrected chi connectivity index (χ4v) is 6.80. The van der Waals surface area contributed by atoms with Crippen LogP contribution in [0.5, 0.6) is 34.5 Å². The number of amides is 2. The van der Waals surface area contributed by atoms with Crippen molar-refractivity contribution in [3.8, 4) is 57.0 Å². The quantitative estimate of drug-likeness (QED) is 0.106. The molecule has 330 valence electrons. The largest absolute Gasteiger partial charge is 0.493 e. The van der Waals surface area contributed by atoms with Crippen LogP contribution in [0.4, 0.5) is 5.69 Å². The number of aromatic carboxylic acids is 1. The van der Waals surface area contributed by atoms with Gasteiger partial charge in [0.05, 0.1) is 76.2 Å². The number of hydrogen-bond donors (Lipinski definition) is 3. The minimum Gasteiger partial charge on any atom is -0.493 e. The Morgan fingerprint density at radius 3 is 1.28 bits per heavy atom. The van der Waals surface area contributed by atoms with Crippen LogP contribution in [0.25, 0.3) is 44.3 Å². The van der Waals surface area contributed by atoms with Gasteiger partial charge >= 0.3 is 5.97 Å². The fraction of sp³-hybridized carbons (Fsp3) is 0.118. The molecule has 0 fully saturated rings. The lowest BCUT2D eigenvalue weighted by Crippen LogP contribution is -2.13. The molecular formula is C51H46N4O10. The van der Waals surface area contributed by atoms with Crippen molar-refractivity contribution in [2.24, 2.45) is 5.73 Å². The fourth-order valence-electron chi connectivity index (χ4n) is 6.80. The smallest absolute Gasteiger partial charge is 0.336 e. The van der Waals surface area contributed by atoms with Crippen molar-refractivity contribution >= 4 is 45.3 Å². The summed E-state index contributed by atoms with van der Waals surface area (Å²) in [6, 6.07) is 44.1. The number of anilines is 1. The molecule has 0 bridgehead atoms. The third-order valence-corrected chi connectivity index (χ3v) is 9.92. The van der Waals surface area contributed by atoms with Crippen molar-refractivity contribution < 1.29 is 47.9 Å². The summed E-state index contributed by atoms with van der Waals surface area (Å²) >= 11 is 0. The number of ether oxygens (including phenoxy) is 6. The van der Waals surface area contributed by atoms with Crippen LogP contribution in [0.1, 0.15) is 31.1 Å². The van der Waals surface area contributed by atoms with Crippen molar-refractivity contribution in [3.63, 3.8) is 0 Å². The van der Waals surface area contributed by atoms with Crippen LogP contribution >= 0.6 is 0 Å². The second-order valence-corrected chi connectivity index (χ2v) is 13.8. The maximum atomic E-state index is 13.3. The van der Waals surface area contributed by atoms with Gasteiger partial charge in [-0.2, -0.15) is 0 Å². The standard InChI is InChI=1S/C25H22N2O4.C16H11NO2.C10H13NO4/c1-29-22-13-17(14-23(30-2)24(22)31-3)26-25(28)19-15-21(16-9-5-4-6-10-16)27-20-12-8-7-11-18(19)20;18-16(19)13-10-15(11-6-2-1-3-7-11)17-14-9-5-4-8-12(13)14;1-13-7-4-6(10(11)12)5-8(14-2)9(7)15-3/h4-15H,1-3H3,(H,26,28);1-10H,(H,18,19);4-5H,1-3H3,(H2,11,12). The number of methoxy groups -OCH3 is 6. The van der Waals surface area contributed by atoms with Gasteiger partial charge in [-0.1, -0.05) is 97.1 Å². The molecule has 2 amide bonds. The van der Waals surface area contributed by atoms with Gasteiger partial charge in [0.2, 0.25) is 17.4 Å². The maximum absolute atomic E-state index is 13.3. The van der Waals surface area contributed by atoms with Crippen LogP contribution < -0.4 is 39.5 Å². The van der Waals surface area contributed by atoms with E-state index in [2.05, 4.69) is 10.3 Å². The number of para-hydroxylation sites is 2. The summed E-state index contributed by atoms with van der Waals surface area (Å²) in [6.07, 6.45) is 0. The van der Waals surface area contributed by atoms with Gasteiger partial charge in [0.15, 0.2) is 23.0 Å². The van der Waals surface area contributed by atoms with Crippen LogP contribution in [0.15, 0.2) is 146 Å². The molecule has 14 heteroatoms. The SMILES string of the molecule is COc1cc(C(N)=O)cc(OC)c1OC.COc1cc(NC(=O)c2cc(-c3ccccc3)nc3ccccc23)cc(OC)c1OC.O=C(O)c1cc(-c2ccccc2)nc2ccccc12. The summed E-state index contributed by atoms with van der Waals surface area (Å²) in [4.78, 5) is 45.0. The summed E-state index contributed by atoms with van der Waals surface area (Å²) < 4.78 is 31.3. The van der Waals surface area contributed by atoms with Crippen LogP contribution in [-0.4, -0.2) is 75.5 Å². The van der Waals surface area contributed by atoms with E-state index in [-0.39, 0.29) is 11.5 Å². The number of carboxylic acid groups (broad SMARTS) is 1. The molecule has 0 aliphatic heterocycles. The molecule has 0 saturated heterocycles. The van der Waals surface area contributed by atoms with Crippen LogP contribution in [0.3, 0.4) is 0 Å². The molecule has 8 rings (SSSR count). The zero-order chi connectivity index (χ0) is 46.5. The molecular weight excluding hydrogens is 829 g/mol. The predicted molar refractivity (Wildman–Crippen MR) is 250 cm³/mol. The molecule has 0 spiro atoms. The number of aromatic nitrogens is 2. The van der Waals surface area contributed by atoms with Gasteiger partial charge in [-0.25, -0.2) is 14.8 Å². The molecule has 0 atom stereocenters. The third-order valence-electron chi connectivity index (χ3n) is 9.92. The first-order valence-electron chi connectivity index (χ1n) is 19.9. The molecule has 65 heavy (non-hydrogen) atoms. The number of hydrogen-bond acceptors (Lipinski definition) is 11. The molecule has 0 aliphatic carbocycles. The highest BCUT2D eigenvalue weighted by molar-refractivity contribution is 6.13. The van der Waals surface area contributed by atoms with E-state index < -0.39 is 11.9 Å². The average Bonchev–Trinajstić information content (AvgIpc) is 3.35. The number of primary amides is 1. The summed E-state index contributed by atoms with van der Waals surface area (Å²) in [5.41, 5.74) is 11.5. The van der Waals surface area contributed by atoms with E-state index in [1.165, 1.54) is 54.8 Å². The number of carboxylic acids is 1. The first-order chi connectivity index (χ1) is 31.5.